The molecule has 1 aromatic carbocycles. The number of carboxylic acids is 1. The van der Waals surface area contributed by atoms with E-state index < -0.39 is 11.9 Å². The van der Waals surface area contributed by atoms with Crippen LogP contribution in [0.15, 0.2) is 24.3 Å². The Balaban J connectivity index is 2.11. The molecule has 0 heterocycles. The summed E-state index contributed by atoms with van der Waals surface area (Å²) in [5.41, 5.74) is 0. The topological polar surface area (TPSA) is 78.9 Å². The van der Waals surface area contributed by atoms with Crippen LogP contribution < -0.4 is 10.1 Å². The molecular weight excluding hydrogens is 320 g/mol. The number of rotatable bonds is 9. The molecule has 2 amide bonds. The van der Waals surface area contributed by atoms with Gasteiger partial charge in [0.1, 0.15) is 5.75 Å². The number of nitrogens with one attached hydrogen (secondary N) is 1. The van der Waals surface area contributed by atoms with Gasteiger partial charge in [-0.25, -0.2) is 4.79 Å². The lowest BCUT2D eigenvalue weighted by Crippen LogP contribution is -2.41. The molecular formula is C16H23ClN2O4. The lowest BCUT2D eigenvalue weighted by molar-refractivity contribution is -0.141. The molecule has 128 valence electrons. The van der Waals surface area contributed by atoms with Crippen LogP contribution in [0.2, 0.25) is 5.02 Å². The zero-order chi connectivity index (χ0) is 17.2. The van der Waals surface area contributed by atoms with Gasteiger partial charge in [-0.2, -0.15) is 0 Å². The van der Waals surface area contributed by atoms with E-state index in [-0.39, 0.29) is 12.6 Å². The zero-order valence-corrected chi connectivity index (χ0v) is 14.2. The van der Waals surface area contributed by atoms with E-state index >= 15 is 0 Å². The van der Waals surface area contributed by atoms with Gasteiger partial charge in [0.05, 0.1) is 12.5 Å². The first-order valence-electron chi connectivity index (χ1n) is 7.50. The molecule has 6 nitrogen and oxygen atoms in total. The Morgan fingerprint density at radius 1 is 1.30 bits per heavy atom. The molecule has 23 heavy (non-hydrogen) atoms. The van der Waals surface area contributed by atoms with Crippen LogP contribution in [0.4, 0.5) is 4.79 Å². The van der Waals surface area contributed by atoms with Crippen LogP contribution >= 0.6 is 11.6 Å². The number of hydrogen-bond acceptors (Lipinski definition) is 3. The first-order chi connectivity index (χ1) is 10.9. The van der Waals surface area contributed by atoms with E-state index in [4.69, 9.17) is 21.4 Å². The van der Waals surface area contributed by atoms with Gasteiger partial charge in [-0.15, -0.1) is 0 Å². The number of unbranched alkanes of at least 4 members (excludes halogenated alkanes) is 1. The van der Waals surface area contributed by atoms with E-state index in [2.05, 4.69) is 5.32 Å². The van der Waals surface area contributed by atoms with E-state index in [1.54, 1.807) is 26.1 Å². The quantitative estimate of drug-likeness (QED) is 0.676. The van der Waals surface area contributed by atoms with Crippen LogP contribution in [-0.2, 0) is 4.79 Å². The molecule has 1 rings (SSSR count). The summed E-state index contributed by atoms with van der Waals surface area (Å²) in [7, 11) is 1.58. The number of nitrogens with zero attached hydrogens (tertiary/aromatic N) is 1. The van der Waals surface area contributed by atoms with Gasteiger partial charge in [-0.1, -0.05) is 18.5 Å². The maximum Gasteiger partial charge on any atom is 0.317 e. The molecule has 0 saturated heterocycles. The monoisotopic (exact) mass is 342 g/mol. The Bertz CT molecular complexity index is 507. The third-order valence-corrected chi connectivity index (χ3v) is 3.50. The maximum absolute atomic E-state index is 11.8. The van der Waals surface area contributed by atoms with Crippen molar-refractivity contribution >= 4 is 23.6 Å². The van der Waals surface area contributed by atoms with Gasteiger partial charge < -0.3 is 20.1 Å². The van der Waals surface area contributed by atoms with Crippen LogP contribution in [0, 0.1) is 5.92 Å². The Morgan fingerprint density at radius 3 is 2.57 bits per heavy atom. The summed E-state index contributed by atoms with van der Waals surface area (Å²) in [6.45, 7) is 2.83. The highest BCUT2D eigenvalue weighted by Gasteiger charge is 2.16. The number of hydrogen-bond donors (Lipinski definition) is 2. The van der Waals surface area contributed by atoms with Crippen molar-refractivity contribution in [2.24, 2.45) is 5.92 Å². The van der Waals surface area contributed by atoms with Crippen molar-refractivity contribution in [1.82, 2.24) is 10.2 Å². The molecule has 1 aromatic rings. The number of halogens is 1. The molecule has 0 aliphatic rings. The van der Waals surface area contributed by atoms with Gasteiger partial charge in [0.25, 0.3) is 0 Å². The van der Waals surface area contributed by atoms with Crippen molar-refractivity contribution < 1.29 is 19.4 Å². The highest BCUT2D eigenvalue weighted by molar-refractivity contribution is 6.30. The average Bonchev–Trinajstić information content (AvgIpc) is 2.51. The van der Waals surface area contributed by atoms with Gasteiger partial charge in [0.2, 0.25) is 0 Å². The van der Waals surface area contributed by atoms with Gasteiger partial charge in [-0.05, 0) is 37.1 Å². The largest absolute Gasteiger partial charge is 0.494 e. The van der Waals surface area contributed by atoms with Gasteiger partial charge in [0, 0.05) is 25.2 Å². The number of benzene rings is 1. The third-order valence-electron chi connectivity index (χ3n) is 3.25. The predicted molar refractivity (Wildman–Crippen MR) is 89.0 cm³/mol. The lowest BCUT2D eigenvalue weighted by Gasteiger charge is -2.20. The molecule has 0 saturated carbocycles. The van der Waals surface area contributed by atoms with Gasteiger partial charge >= 0.3 is 12.0 Å². The van der Waals surface area contributed by atoms with Crippen LogP contribution in [-0.4, -0.2) is 48.8 Å². The molecule has 0 aliphatic heterocycles. The molecule has 2 N–H and O–H groups in total. The van der Waals surface area contributed by atoms with E-state index in [0.29, 0.717) is 18.2 Å². The number of carbonyl (C=O) groups is 2. The smallest absolute Gasteiger partial charge is 0.317 e. The highest BCUT2D eigenvalue weighted by atomic mass is 35.5. The van der Waals surface area contributed by atoms with Gasteiger partial charge in [0.15, 0.2) is 0 Å². The minimum Gasteiger partial charge on any atom is -0.494 e. The molecule has 0 aliphatic carbocycles. The van der Waals surface area contributed by atoms with Crippen molar-refractivity contribution in [3.8, 4) is 5.75 Å². The maximum atomic E-state index is 11.8. The van der Waals surface area contributed by atoms with E-state index in [0.717, 1.165) is 18.6 Å². The Labute approximate surface area is 141 Å². The Kier molecular flexibility index (Phi) is 8.26. The van der Waals surface area contributed by atoms with Crippen molar-refractivity contribution in [2.75, 3.05) is 26.7 Å². The third kappa shape index (κ3) is 7.74. The second kappa shape index (κ2) is 9.94. The minimum absolute atomic E-state index is 0.181. The lowest BCUT2D eigenvalue weighted by atomic mass is 10.2. The summed E-state index contributed by atoms with van der Waals surface area (Å²) in [6.07, 6.45) is 1.58. The van der Waals surface area contributed by atoms with Crippen molar-refractivity contribution in [3.63, 3.8) is 0 Å². The van der Waals surface area contributed by atoms with E-state index in [9.17, 15) is 9.59 Å². The van der Waals surface area contributed by atoms with Gasteiger partial charge in [-0.3, -0.25) is 4.79 Å². The fourth-order valence-corrected chi connectivity index (χ4v) is 1.98. The van der Waals surface area contributed by atoms with Crippen molar-refractivity contribution in [1.29, 1.82) is 0 Å². The summed E-state index contributed by atoms with van der Waals surface area (Å²) in [5, 5.41) is 12.2. The van der Waals surface area contributed by atoms with E-state index in [1.165, 1.54) is 4.90 Å². The molecule has 0 aromatic heterocycles. The Morgan fingerprint density at radius 2 is 1.96 bits per heavy atom. The average molecular weight is 343 g/mol. The first-order valence-corrected chi connectivity index (χ1v) is 7.88. The molecule has 0 fully saturated rings. The minimum atomic E-state index is -0.913. The molecule has 7 heteroatoms. The van der Waals surface area contributed by atoms with Crippen molar-refractivity contribution in [3.05, 3.63) is 29.3 Å². The number of urea groups is 1. The first kappa shape index (κ1) is 19.1. The SMILES string of the molecule is CC(CN(C)C(=O)NCCCCOc1ccc(Cl)cc1)C(=O)O. The summed E-state index contributed by atoms with van der Waals surface area (Å²) >= 11 is 5.79. The molecule has 1 unspecified atom stereocenters. The summed E-state index contributed by atoms with van der Waals surface area (Å²) < 4.78 is 5.55. The summed E-state index contributed by atoms with van der Waals surface area (Å²) in [6, 6.07) is 6.89. The van der Waals surface area contributed by atoms with Crippen LogP contribution in [0.25, 0.3) is 0 Å². The van der Waals surface area contributed by atoms with Crippen LogP contribution in [0.5, 0.6) is 5.75 Å². The Hall–Kier alpha value is -1.95. The van der Waals surface area contributed by atoms with Crippen LogP contribution in [0.1, 0.15) is 19.8 Å². The zero-order valence-electron chi connectivity index (χ0n) is 13.4. The summed E-state index contributed by atoms with van der Waals surface area (Å²) in [4.78, 5) is 23.9. The number of carbonyl (C=O) groups excluding carboxylic acids is 1. The van der Waals surface area contributed by atoms with E-state index in [1.807, 2.05) is 12.1 Å². The fourth-order valence-electron chi connectivity index (χ4n) is 1.85. The highest BCUT2D eigenvalue weighted by Crippen LogP contribution is 2.15. The fraction of sp³-hybridized carbons (Fsp3) is 0.500. The second-order valence-electron chi connectivity index (χ2n) is 5.36. The number of amides is 2. The molecule has 0 radical (unpaired) electrons. The number of aliphatic carboxylic acids is 1. The number of ether oxygens (including phenoxy) is 1. The van der Waals surface area contributed by atoms with Crippen LogP contribution in [0.3, 0.4) is 0 Å². The molecule has 1 atom stereocenters. The normalized spacial score (nSPS) is 11.6. The molecule has 0 spiro atoms. The number of carboxylic acid groups (broad SMARTS) is 1. The predicted octanol–water partition coefficient (Wildman–Crippen LogP) is 2.86. The summed E-state index contributed by atoms with van der Waals surface area (Å²) in [5.74, 6) is -0.733. The van der Waals surface area contributed by atoms with Crippen molar-refractivity contribution in [2.45, 2.75) is 19.8 Å². The standard InChI is InChI=1S/C16H23ClN2O4/c1-12(15(20)21)11-19(2)16(22)18-9-3-4-10-23-14-7-5-13(17)6-8-14/h5-8,12H,3-4,9-11H2,1-2H3,(H,18,22)(H,20,21). The second-order valence-corrected chi connectivity index (χ2v) is 5.80. The molecule has 0 bridgehead atoms.